The Bertz CT molecular complexity index is 400. The Morgan fingerprint density at radius 3 is 3.27 bits per heavy atom. The minimum absolute atomic E-state index is 0.417. The van der Waals surface area contributed by atoms with E-state index < -0.39 is 0 Å². The van der Waals surface area contributed by atoms with Crippen molar-refractivity contribution < 1.29 is 0 Å². The lowest BCUT2D eigenvalue weighted by molar-refractivity contribution is 0.724. The molecule has 15 heavy (non-hydrogen) atoms. The monoisotopic (exact) mass is 282 g/mol. The van der Waals surface area contributed by atoms with Gasteiger partial charge in [0.15, 0.2) is 0 Å². The first-order valence-electron chi connectivity index (χ1n) is 4.86. The van der Waals surface area contributed by atoms with Crippen LogP contribution in [-0.2, 0) is 0 Å². The van der Waals surface area contributed by atoms with Crippen LogP contribution in [0.5, 0.6) is 0 Å². The minimum Gasteiger partial charge on any atom is -0.380 e. The number of hydrogen-bond acceptors (Lipinski definition) is 3. The molecule has 0 radical (unpaired) electrons. The second kappa shape index (κ2) is 4.91. The van der Waals surface area contributed by atoms with E-state index >= 15 is 0 Å². The van der Waals surface area contributed by atoms with E-state index in [0.717, 1.165) is 16.6 Å². The van der Waals surface area contributed by atoms with E-state index in [2.05, 4.69) is 33.4 Å². The highest BCUT2D eigenvalue weighted by molar-refractivity contribution is 9.10. The third-order valence-corrected chi connectivity index (χ3v) is 4.25. The third-order valence-electron chi connectivity index (χ3n) is 2.37. The molecule has 2 rings (SSSR count). The normalized spacial score (nSPS) is 18.8. The number of rotatable bonds is 2. The van der Waals surface area contributed by atoms with Crippen molar-refractivity contribution in [1.29, 1.82) is 5.26 Å². The Morgan fingerprint density at radius 1 is 1.60 bits per heavy atom. The fourth-order valence-corrected chi connectivity index (χ4v) is 3.33. The van der Waals surface area contributed by atoms with Crippen LogP contribution in [-0.4, -0.2) is 11.8 Å². The van der Waals surface area contributed by atoms with E-state index in [0.29, 0.717) is 12.5 Å². The first kappa shape index (κ1) is 10.8. The van der Waals surface area contributed by atoms with Crippen LogP contribution in [0, 0.1) is 11.3 Å². The molecule has 1 unspecified atom stereocenters. The molecule has 2 nitrogen and oxygen atoms in total. The van der Waals surface area contributed by atoms with Gasteiger partial charge in [-0.2, -0.15) is 5.26 Å². The molecular weight excluding hydrogens is 272 g/mol. The molecule has 0 spiro atoms. The maximum absolute atomic E-state index is 8.55. The summed E-state index contributed by atoms with van der Waals surface area (Å²) < 4.78 is 1.11. The Hall–Kier alpha value is -0.660. The first-order valence-corrected chi connectivity index (χ1v) is 6.64. The van der Waals surface area contributed by atoms with Crippen molar-refractivity contribution in [2.45, 2.75) is 23.8 Å². The summed E-state index contributed by atoms with van der Waals surface area (Å²) in [4.78, 5) is 1.29. The topological polar surface area (TPSA) is 35.8 Å². The van der Waals surface area contributed by atoms with Gasteiger partial charge in [-0.3, -0.25) is 0 Å². The van der Waals surface area contributed by atoms with Crippen molar-refractivity contribution in [2.24, 2.45) is 0 Å². The largest absolute Gasteiger partial charge is 0.380 e. The Kier molecular flexibility index (Phi) is 3.55. The lowest BCUT2D eigenvalue weighted by atomic mass is 10.1. The lowest BCUT2D eigenvalue weighted by Crippen LogP contribution is -2.25. The SMILES string of the molecule is N#CCCC1CSc2cccc(Br)c2N1. The average molecular weight is 283 g/mol. The Morgan fingerprint density at radius 2 is 2.47 bits per heavy atom. The van der Waals surface area contributed by atoms with Gasteiger partial charge in [0.05, 0.1) is 11.8 Å². The summed E-state index contributed by atoms with van der Waals surface area (Å²) in [7, 11) is 0. The van der Waals surface area contributed by atoms with Crippen molar-refractivity contribution in [2.75, 3.05) is 11.1 Å². The molecule has 1 aliphatic heterocycles. The molecule has 1 aliphatic rings. The fourth-order valence-electron chi connectivity index (χ4n) is 1.60. The molecule has 0 saturated heterocycles. The van der Waals surface area contributed by atoms with Gasteiger partial charge < -0.3 is 5.32 Å². The molecule has 0 aliphatic carbocycles. The number of hydrogen-bond donors (Lipinski definition) is 1. The molecule has 0 amide bonds. The van der Waals surface area contributed by atoms with Gasteiger partial charge in [-0.15, -0.1) is 11.8 Å². The van der Waals surface area contributed by atoms with Crippen molar-refractivity contribution in [3.63, 3.8) is 0 Å². The number of thioether (sulfide) groups is 1. The summed E-state index contributed by atoms with van der Waals surface area (Å²) in [6.45, 7) is 0. The van der Waals surface area contributed by atoms with Crippen LogP contribution in [0.4, 0.5) is 5.69 Å². The van der Waals surface area contributed by atoms with E-state index in [1.54, 1.807) is 0 Å². The highest BCUT2D eigenvalue weighted by atomic mass is 79.9. The third kappa shape index (κ3) is 2.47. The molecule has 1 aromatic rings. The molecule has 1 N–H and O–H groups in total. The Balaban J connectivity index is 2.12. The van der Waals surface area contributed by atoms with Gasteiger partial charge in [0.2, 0.25) is 0 Å². The summed E-state index contributed by atoms with van der Waals surface area (Å²) >= 11 is 5.40. The van der Waals surface area contributed by atoms with Gasteiger partial charge in [-0.05, 0) is 34.5 Å². The molecule has 1 aromatic carbocycles. The molecular formula is C11H11BrN2S. The van der Waals surface area contributed by atoms with E-state index in [4.69, 9.17) is 5.26 Å². The van der Waals surface area contributed by atoms with Gasteiger partial charge in [0.1, 0.15) is 0 Å². The number of para-hydroxylation sites is 1. The van der Waals surface area contributed by atoms with Crippen molar-refractivity contribution in [3.8, 4) is 6.07 Å². The predicted octanol–water partition coefficient (Wildman–Crippen LogP) is 3.64. The molecule has 0 bridgehead atoms. The van der Waals surface area contributed by atoms with Gasteiger partial charge in [0.25, 0.3) is 0 Å². The number of nitriles is 1. The number of nitrogens with one attached hydrogen (secondary N) is 1. The summed E-state index contributed by atoms with van der Waals surface area (Å²) in [6.07, 6.45) is 1.54. The van der Waals surface area contributed by atoms with Crippen LogP contribution in [0.2, 0.25) is 0 Å². The highest BCUT2D eigenvalue weighted by Crippen LogP contribution is 2.38. The Labute approximate surface area is 102 Å². The van der Waals surface area contributed by atoms with Crippen LogP contribution in [0.1, 0.15) is 12.8 Å². The van der Waals surface area contributed by atoms with E-state index in [9.17, 15) is 0 Å². The molecule has 4 heteroatoms. The van der Waals surface area contributed by atoms with Crippen LogP contribution in [0.15, 0.2) is 27.6 Å². The predicted molar refractivity (Wildman–Crippen MR) is 67.1 cm³/mol. The van der Waals surface area contributed by atoms with Gasteiger partial charge in [-0.25, -0.2) is 0 Å². The maximum atomic E-state index is 8.55. The summed E-state index contributed by atoms with van der Waals surface area (Å²) in [5.41, 5.74) is 1.18. The van der Waals surface area contributed by atoms with Crippen LogP contribution >= 0.6 is 27.7 Å². The van der Waals surface area contributed by atoms with Crippen LogP contribution in [0.3, 0.4) is 0 Å². The smallest absolute Gasteiger partial charge is 0.0625 e. The molecule has 1 atom stereocenters. The minimum atomic E-state index is 0.417. The standard InChI is InChI=1S/C11H11BrN2S/c12-9-4-1-5-10-11(9)14-8(7-15-10)3-2-6-13/h1,4-5,8,14H,2-3,7H2. The van der Waals surface area contributed by atoms with Crippen molar-refractivity contribution in [3.05, 3.63) is 22.7 Å². The number of anilines is 1. The molecule has 0 saturated carbocycles. The second-order valence-electron chi connectivity index (χ2n) is 3.46. The summed E-state index contributed by atoms with van der Waals surface area (Å²) in [6, 6.07) is 8.82. The fraction of sp³-hybridized carbons (Fsp3) is 0.364. The number of fused-ring (bicyclic) bond motifs is 1. The zero-order valence-corrected chi connectivity index (χ0v) is 10.6. The highest BCUT2D eigenvalue weighted by Gasteiger charge is 2.19. The van der Waals surface area contributed by atoms with Gasteiger partial charge in [-0.1, -0.05) is 6.07 Å². The van der Waals surface area contributed by atoms with E-state index in [1.807, 2.05) is 23.9 Å². The van der Waals surface area contributed by atoms with E-state index in [1.165, 1.54) is 10.6 Å². The molecule has 1 heterocycles. The average Bonchev–Trinajstić information content (AvgIpc) is 2.27. The number of benzene rings is 1. The molecule has 0 fully saturated rings. The second-order valence-corrected chi connectivity index (χ2v) is 5.38. The first-order chi connectivity index (χ1) is 7.31. The number of halogens is 1. The number of nitrogens with zero attached hydrogens (tertiary/aromatic N) is 1. The zero-order valence-electron chi connectivity index (χ0n) is 8.16. The quantitative estimate of drug-likeness (QED) is 0.900. The van der Waals surface area contributed by atoms with E-state index in [-0.39, 0.29) is 0 Å². The maximum Gasteiger partial charge on any atom is 0.0625 e. The molecule has 0 aromatic heterocycles. The van der Waals surface area contributed by atoms with Crippen LogP contribution < -0.4 is 5.32 Å². The molecule has 78 valence electrons. The zero-order chi connectivity index (χ0) is 10.7. The van der Waals surface area contributed by atoms with Crippen molar-refractivity contribution in [1.82, 2.24) is 0 Å². The lowest BCUT2D eigenvalue weighted by Gasteiger charge is -2.26. The van der Waals surface area contributed by atoms with Gasteiger partial charge in [0, 0.05) is 27.6 Å². The van der Waals surface area contributed by atoms with Crippen LogP contribution in [0.25, 0.3) is 0 Å². The summed E-state index contributed by atoms with van der Waals surface area (Å²) in [5.74, 6) is 1.05. The van der Waals surface area contributed by atoms with Gasteiger partial charge >= 0.3 is 0 Å². The van der Waals surface area contributed by atoms with Crippen molar-refractivity contribution >= 4 is 33.4 Å². The summed E-state index contributed by atoms with van der Waals surface area (Å²) in [5, 5.41) is 12.0.